The lowest BCUT2D eigenvalue weighted by molar-refractivity contribution is 0.0846. The highest BCUT2D eigenvalue weighted by atomic mass is 16.5. The summed E-state index contributed by atoms with van der Waals surface area (Å²) in [4.78, 5) is 37.3. The number of rotatable bonds is 7. The summed E-state index contributed by atoms with van der Waals surface area (Å²) in [6.45, 7) is 1.91. The van der Waals surface area contributed by atoms with Crippen molar-refractivity contribution in [1.82, 2.24) is 10.9 Å². The highest BCUT2D eigenvalue weighted by Crippen LogP contribution is 2.38. The Morgan fingerprint density at radius 2 is 1.24 bits per heavy atom. The van der Waals surface area contributed by atoms with Crippen LogP contribution >= 0.6 is 0 Å². The van der Waals surface area contributed by atoms with Crippen molar-refractivity contribution >= 4 is 23.4 Å². The Balaban J connectivity index is 1.62. The minimum atomic E-state index is -0.574. The molecule has 3 N–H and O–H groups in total. The Hall–Kier alpha value is -4.53. The standard InChI is InChI=1S/C25H25N3O6/c1-15-6-5-7-17(12-15)23(29)26-19-10-8-16(9-11-19)24(30)27-28-25(31)18-13-20(32-2)22(34-4)21(14-18)33-3/h5-14H,1-4H3,(H,26,29)(H,27,30)(H,28,31). The topological polar surface area (TPSA) is 115 Å². The van der Waals surface area contributed by atoms with Crippen LogP contribution < -0.4 is 30.4 Å². The fraction of sp³-hybridized carbons (Fsp3) is 0.160. The number of ether oxygens (including phenoxy) is 3. The van der Waals surface area contributed by atoms with Gasteiger partial charge in [-0.2, -0.15) is 0 Å². The van der Waals surface area contributed by atoms with Gasteiger partial charge in [0.05, 0.1) is 21.3 Å². The molecule has 0 radical (unpaired) electrons. The summed E-state index contributed by atoms with van der Waals surface area (Å²) in [6.07, 6.45) is 0. The largest absolute Gasteiger partial charge is 0.493 e. The molecule has 0 saturated carbocycles. The molecule has 0 bridgehead atoms. The number of carbonyl (C=O) groups excluding carboxylic acids is 3. The third-order valence-corrected chi connectivity index (χ3v) is 4.90. The summed E-state index contributed by atoms with van der Waals surface area (Å²) in [5.41, 5.74) is 7.24. The van der Waals surface area contributed by atoms with Crippen LogP contribution in [0.3, 0.4) is 0 Å². The number of amides is 3. The van der Waals surface area contributed by atoms with Gasteiger partial charge in [0.2, 0.25) is 5.75 Å². The van der Waals surface area contributed by atoms with Crippen LogP contribution in [-0.2, 0) is 0 Å². The van der Waals surface area contributed by atoms with Gasteiger partial charge < -0.3 is 19.5 Å². The summed E-state index contributed by atoms with van der Waals surface area (Å²) in [6, 6.07) is 16.4. The molecule has 0 aliphatic rings. The van der Waals surface area contributed by atoms with E-state index < -0.39 is 11.8 Å². The van der Waals surface area contributed by atoms with Gasteiger partial charge >= 0.3 is 0 Å². The fourth-order valence-corrected chi connectivity index (χ4v) is 3.16. The molecule has 3 aromatic rings. The zero-order valence-corrected chi connectivity index (χ0v) is 19.2. The lowest BCUT2D eigenvalue weighted by atomic mass is 10.1. The van der Waals surface area contributed by atoms with E-state index in [1.165, 1.54) is 45.6 Å². The Bertz CT molecular complexity index is 1180. The van der Waals surface area contributed by atoms with Crippen LogP contribution in [0.15, 0.2) is 60.7 Å². The molecule has 3 amide bonds. The van der Waals surface area contributed by atoms with E-state index in [2.05, 4.69) is 16.2 Å². The van der Waals surface area contributed by atoms with Gasteiger partial charge in [-0.25, -0.2) is 0 Å². The summed E-state index contributed by atoms with van der Waals surface area (Å²) in [7, 11) is 4.33. The first-order valence-electron chi connectivity index (χ1n) is 10.2. The maximum Gasteiger partial charge on any atom is 0.269 e. The molecular weight excluding hydrogens is 438 g/mol. The molecule has 3 aromatic carbocycles. The van der Waals surface area contributed by atoms with E-state index in [0.717, 1.165) is 5.56 Å². The predicted octanol–water partition coefficient (Wildman–Crippen LogP) is 3.35. The maximum atomic E-state index is 12.5. The second-order valence-electron chi connectivity index (χ2n) is 7.22. The Morgan fingerprint density at radius 1 is 0.647 bits per heavy atom. The number of carbonyl (C=O) groups is 3. The van der Waals surface area contributed by atoms with Crippen LogP contribution in [0, 0.1) is 6.92 Å². The van der Waals surface area contributed by atoms with Crippen molar-refractivity contribution in [3.63, 3.8) is 0 Å². The minimum absolute atomic E-state index is 0.198. The van der Waals surface area contributed by atoms with E-state index in [9.17, 15) is 14.4 Å². The molecule has 34 heavy (non-hydrogen) atoms. The van der Waals surface area contributed by atoms with Gasteiger partial charge in [-0.15, -0.1) is 0 Å². The molecule has 0 atom stereocenters. The van der Waals surface area contributed by atoms with Crippen molar-refractivity contribution in [1.29, 1.82) is 0 Å². The first kappa shape index (κ1) is 24.1. The average molecular weight is 463 g/mol. The Kier molecular flexibility index (Phi) is 7.71. The van der Waals surface area contributed by atoms with Gasteiger partial charge in [-0.05, 0) is 55.5 Å². The number of benzene rings is 3. The van der Waals surface area contributed by atoms with Crippen molar-refractivity contribution in [2.24, 2.45) is 0 Å². The smallest absolute Gasteiger partial charge is 0.269 e. The molecule has 0 aliphatic carbocycles. The van der Waals surface area contributed by atoms with Crippen molar-refractivity contribution in [2.75, 3.05) is 26.6 Å². The lowest BCUT2D eigenvalue weighted by Crippen LogP contribution is -2.41. The second-order valence-corrected chi connectivity index (χ2v) is 7.22. The molecule has 0 spiro atoms. The summed E-state index contributed by atoms with van der Waals surface area (Å²) in [5.74, 6) is -0.395. The average Bonchev–Trinajstić information content (AvgIpc) is 2.86. The van der Waals surface area contributed by atoms with Crippen LogP contribution in [0.5, 0.6) is 17.2 Å². The zero-order valence-electron chi connectivity index (χ0n) is 19.2. The number of methoxy groups -OCH3 is 3. The molecule has 0 unspecified atom stereocenters. The third-order valence-electron chi connectivity index (χ3n) is 4.90. The molecule has 0 aliphatic heterocycles. The van der Waals surface area contributed by atoms with E-state index in [1.54, 1.807) is 24.3 Å². The number of aryl methyl sites for hydroxylation is 1. The van der Waals surface area contributed by atoms with Gasteiger partial charge in [0.15, 0.2) is 11.5 Å². The molecular formula is C25H25N3O6. The zero-order chi connectivity index (χ0) is 24.7. The predicted molar refractivity (Wildman–Crippen MR) is 127 cm³/mol. The van der Waals surface area contributed by atoms with Crippen molar-refractivity contribution in [2.45, 2.75) is 6.92 Å². The van der Waals surface area contributed by atoms with Gasteiger partial charge in [0.1, 0.15) is 0 Å². The van der Waals surface area contributed by atoms with Gasteiger partial charge in [-0.1, -0.05) is 17.7 Å². The fourth-order valence-electron chi connectivity index (χ4n) is 3.16. The van der Waals surface area contributed by atoms with Crippen LogP contribution in [-0.4, -0.2) is 39.1 Å². The minimum Gasteiger partial charge on any atom is -0.493 e. The SMILES string of the molecule is COc1cc(C(=O)NNC(=O)c2ccc(NC(=O)c3cccc(C)c3)cc2)cc(OC)c1OC. The highest BCUT2D eigenvalue weighted by Gasteiger charge is 2.17. The third kappa shape index (κ3) is 5.63. The maximum absolute atomic E-state index is 12.5. The van der Waals surface area contributed by atoms with Crippen molar-refractivity contribution in [3.8, 4) is 17.2 Å². The van der Waals surface area contributed by atoms with E-state index in [0.29, 0.717) is 34.1 Å². The quantitative estimate of drug-likeness (QED) is 0.463. The van der Waals surface area contributed by atoms with Crippen molar-refractivity contribution in [3.05, 3.63) is 82.9 Å². The van der Waals surface area contributed by atoms with Crippen LogP contribution in [0.4, 0.5) is 5.69 Å². The van der Waals surface area contributed by atoms with E-state index in [4.69, 9.17) is 14.2 Å². The van der Waals surface area contributed by atoms with Crippen LogP contribution in [0.1, 0.15) is 36.6 Å². The Morgan fingerprint density at radius 3 is 1.76 bits per heavy atom. The summed E-state index contributed by atoms with van der Waals surface area (Å²) < 4.78 is 15.7. The molecule has 3 rings (SSSR count). The van der Waals surface area contributed by atoms with E-state index in [-0.39, 0.29) is 11.5 Å². The van der Waals surface area contributed by atoms with Gasteiger partial charge in [-0.3, -0.25) is 25.2 Å². The summed E-state index contributed by atoms with van der Waals surface area (Å²) in [5, 5.41) is 2.78. The summed E-state index contributed by atoms with van der Waals surface area (Å²) >= 11 is 0. The first-order valence-corrected chi connectivity index (χ1v) is 10.2. The van der Waals surface area contributed by atoms with Crippen LogP contribution in [0.2, 0.25) is 0 Å². The lowest BCUT2D eigenvalue weighted by Gasteiger charge is -2.14. The molecule has 9 heteroatoms. The molecule has 176 valence electrons. The molecule has 0 aromatic heterocycles. The van der Waals surface area contributed by atoms with E-state index in [1.807, 2.05) is 19.1 Å². The number of hydrazine groups is 1. The first-order chi connectivity index (χ1) is 16.4. The molecule has 9 nitrogen and oxygen atoms in total. The Labute approximate surface area is 197 Å². The van der Waals surface area contributed by atoms with Crippen molar-refractivity contribution < 1.29 is 28.6 Å². The van der Waals surface area contributed by atoms with Gasteiger partial charge in [0, 0.05) is 22.4 Å². The molecule has 0 fully saturated rings. The number of anilines is 1. The monoisotopic (exact) mass is 463 g/mol. The number of hydrogen-bond donors (Lipinski definition) is 3. The highest BCUT2D eigenvalue weighted by molar-refractivity contribution is 6.05. The number of nitrogens with one attached hydrogen (secondary N) is 3. The normalized spacial score (nSPS) is 10.1. The number of hydrogen-bond acceptors (Lipinski definition) is 6. The van der Waals surface area contributed by atoms with Crippen LogP contribution in [0.25, 0.3) is 0 Å². The molecule has 0 saturated heterocycles. The van der Waals surface area contributed by atoms with Gasteiger partial charge in [0.25, 0.3) is 17.7 Å². The van der Waals surface area contributed by atoms with E-state index >= 15 is 0 Å². The molecule has 0 heterocycles. The second kappa shape index (κ2) is 10.9.